The highest BCUT2D eigenvalue weighted by molar-refractivity contribution is 5.91. The lowest BCUT2D eigenvalue weighted by molar-refractivity contribution is -0.139. The van der Waals surface area contributed by atoms with E-state index in [0.29, 0.717) is 35.1 Å². The zero-order valence-electron chi connectivity index (χ0n) is 9.95. The largest absolute Gasteiger partial charge is 0.371 e. The van der Waals surface area contributed by atoms with Crippen molar-refractivity contribution < 1.29 is 9.53 Å². The van der Waals surface area contributed by atoms with Crippen LogP contribution in [0.5, 0.6) is 0 Å². The Kier molecular flexibility index (Phi) is 1.36. The highest BCUT2D eigenvalue weighted by atomic mass is 16.5. The lowest BCUT2D eigenvalue weighted by Gasteiger charge is -2.48. The number of rotatable bonds is 0. The van der Waals surface area contributed by atoms with Crippen molar-refractivity contribution in [2.45, 2.75) is 51.2 Å². The third kappa shape index (κ3) is 0.874. The number of allylic oxidation sites excluding steroid dienone is 2. The van der Waals surface area contributed by atoms with E-state index < -0.39 is 0 Å². The zero-order valence-corrected chi connectivity index (χ0v) is 9.95. The molecule has 5 atom stereocenters. The smallest absolute Gasteiger partial charge is 0.155 e. The molecule has 2 saturated heterocycles. The van der Waals surface area contributed by atoms with Gasteiger partial charge in [0.25, 0.3) is 0 Å². The summed E-state index contributed by atoms with van der Waals surface area (Å²) in [5.41, 5.74) is 0.699. The summed E-state index contributed by atoms with van der Waals surface area (Å²) in [7, 11) is 0. The van der Waals surface area contributed by atoms with Crippen LogP contribution in [0.1, 0.15) is 39.5 Å². The highest BCUT2D eigenvalue weighted by Gasteiger charge is 2.71. The maximum absolute atomic E-state index is 11.6. The van der Waals surface area contributed by atoms with Crippen LogP contribution >= 0.6 is 0 Å². The summed E-state index contributed by atoms with van der Waals surface area (Å²) in [4.78, 5) is 11.6. The molecule has 5 unspecified atom stereocenters. The highest BCUT2D eigenvalue weighted by Crippen LogP contribution is 2.72. The van der Waals surface area contributed by atoms with Crippen LogP contribution in [0.4, 0.5) is 0 Å². The summed E-state index contributed by atoms with van der Waals surface area (Å²) in [5, 5.41) is 0. The molecule has 2 aliphatic heterocycles. The second-order valence-corrected chi connectivity index (χ2v) is 7.02. The van der Waals surface area contributed by atoms with E-state index in [0.717, 1.165) is 6.42 Å². The van der Waals surface area contributed by atoms with Gasteiger partial charge < -0.3 is 4.74 Å². The van der Waals surface area contributed by atoms with Crippen LogP contribution in [0.3, 0.4) is 0 Å². The number of ketones is 1. The average Bonchev–Trinajstić information content (AvgIpc) is 2.45. The molecular formula is C14H18O2. The molecule has 1 spiro atoms. The van der Waals surface area contributed by atoms with Crippen LogP contribution in [0.2, 0.25) is 0 Å². The number of hydrogen-bond acceptors (Lipinski definition) is 2. The van der Waals surface area contributed by atoms with Crippen LogP contribution in [0.25, 0.3) is 0 Å². The lowest BCUT2D eigenvalue weighted by Crippen LogP contribution is -2.47. The summed E-state index contributed by atoms with van der Waals surface area (Å²) in [6.45, 7) is 4.62. The molecule has 2 heterocycles. The molecule has 0 aromatic carbocycles. The van der Waals surface area contributed by atoms with Gasteiger partial charge in [-0.3, -0.25) is 4.79 Å². The van der Waals surface area contributed by atoms with Crippen molar-refractivity contribution in [3.05, 3.63) is 12.2 Å². The van der Waals surface area contributed by atoms with Crippen LogP contribution in [-0.4, -0.2) is 17.5 Å². The van der Waals surface area contributed by atoms with Gasteiger partial charge in [-0.1, -0.05) is 13.0 Å². The summed E-state index contributed by atoms with van der Waals surface area (Å²) < 4.78 is 6.27. The SMILES string of the molecule is CC12CC3(C)CC4(C=CC(=O)CC4C3O1)C2. The monoisotopic (exact) mass is 218 g/mol. The minimum atomic E-state index is 0.0822. The van der Waals surface area contributed by atoms with Gasteiger partial charge in [0, 0.05) is 12.3 Å². The Balaban J connectivity index is 1.88. The van der Waals surface area contributed by atoms with Gasteiger partial charge in [-0.05, 0) is 43.1 Å². The average molecular weight is 218 g/mol. The maximum atomic E-state index is 11.6. The molecule has 0 aromatic heterocycles. The van der Waals surface area contributed by atoms with Gasteiger partial charge in [0.2, 0.25) is 0 Å². The Bertz CT molecular complexity index is 422. The molecule has 86 valence electrons. The first-order chi connectivity index (χ1) is 7.45. The maximum Gasteiger partial charge on any atom is 0.155 e. The molecule has 0 aromatic rings. The standard InChI is InChI=1S/C14H18O2/c1-12-6-13(2)8-14(7-12)4-3-9(15)5-10(14)11(12)16-13/h3-4,10-11H,5-8H2,1-2H3. The van der Waals surface area contributed by atoms with Crippen molar-refractivity contribution in [2.75, 3.05) is 0 Å². The van der Waals surface area contributed by atoms with Crippen molar-refractivity contribution in [3.63, 3.8) is 0 Å². The molecule has 0 N–H and O–H groups in total. The fraction of sp³-hybridized carbons (Fsp3) is 0.786. The minimum absolute atomic E-state index is 0.0822. The summed E-state index contributed by atoms with van der Waals surface area (Å²) in [5.74, 6) is 0.759. The molecule has 0 radical (unpaired) electrons. The van der Waals surface area contributed by atoms with E-state index in [4.69, 9.17) is 4.74 Å². The topological polar surface area (TPSA) is 26.3 Å². The van der Waals surface area contributed by atoms with Crippen LogP contribution in [0, 0.1) is 16.7 Å². The van der Waals surface area contributed by atoms with E-state index in [9.17, 15) is 4.79 Å². The van der Waals surface area contributed by atoms with Gasteiger partial charge >= 0.3 is 0 Å². The third-order valence-corrected chi connectivity index (χ3v) is 5.44. The van der Waals surface area contributed by atoms with E-state index in [1.165, 1.54) is 12.8 Å². The molecule has 5 rings (SSSR count). The molecule has 4 bridgehead atoms. The molecule has 0 amide bonds. The molecule has 2 nitrogen and oxygen atoms in total. The van der Waals surface area contributed by atoms with Gasteiger partial charge in [0.05, 0.1) is 11.7 Å². The fourth-order valence-corrected chi connectivity index (χ4v) is 5.45. The molecule has 4 fully saturated rings. The Morgan fingerprint density at radius 3 is 2.94 bits per heavy atom. The second kappa shape index (κ2) is 2.31. The molecule has 3 aliphatic carbocycles. The van der Waals surface area contributed by atoms with Crippen molar-refractivity contribution in [3.8, 4) is 0 Å². The predicted octanol–water partition coefficient (Wildman–Crippen LogP) is 2.48. The van der Waals surface area contributed by atoms with Crippen LogP contribution in [0.15, 0.2) is 12.2 Å². The van der Waals surface area contributed by atoms with Gasteiger partial charge in [0.15, 0.2) is 5.78 Å². The molecule has 2 saturated carbocycles. The van der Waals surface area contributed by atoms with E-state index >= 15 is 0 Å². The Morgan fingerprint density at radius 1 is 1.31 bits per heavy atom. The van der Waals surface area contributed by atoms with Gasteiger partial charge in [-0.25, -0.2) is 0 Å². The molecular weight excluding hydrogens is 200 g/mol. The zero-order chi connectivity index (χ0) is 11.2. The van der Waals surface area contributed by atoms with Gasteiger partial charge in [0.1, 0.15) is 0 Å². The number of carbonyl (C=O) groups is 1. The molecule has 2 heteroatoms. The number of ether oxygens (including phenoxy) is 1. The second-order valence-electron chi connectivity index (χ2n) is 7.02. The first kappa shape index (κ1) is 9.41. The van der Waals surface area contributed by atoms with Crippen molar-refractivity contribution in [2.24, 2.45) is 16.7 Å². The van der Waals surface area contributed by atoms with E-state index in [-0.39, 0.29) is 5.60 Å². The quantitative estimate of drug-likeness (QED) is 0.624. The summed E-state index contributed by atoms with van der Waals surface area (Å²) in [6, 6.07) is 0. The summed E-state index contributed by atoms with van der Waals surface area (Å²) >= 11 is 0. The van der Waals surface area contributed by atoms with E-state index in [1.807, 2.05) is 6.08 Å². The molecule has 5 aliphatic rings. The number of hydrogen-bond donors (Lipinski definition) is 0. The Labute approximate surface area is 96.0 Å². The van der Waals surface area contributed by atoms with Crippen LogP contribution in [-0.2, 0) is 9.53 Å². The van der Waals surface area contributed by atoms with Gasteiger partial charge in [-0.2, -0.15) is 0 Å². The van der Waals surface area contributed by atoms with Crippen molar-refractivity contribution in [1.29, 1.82) is 0 Å². The normalized spacial score (nSPS) is 61.8. The Morgan fingerprint density at radius 2 is 2.12 bits per heavy atom. The van der Waals surface area contributed by atoms with Crippen molar-refractivity contribution in [1.82, 2.24) is 0 Å². The minimum Gasteiger partial charge on any atom is -0.371 e. The Hall–Kier alpha value is -0.630. The third-order valence-electron chi connectivity index (χ3n) is 5.44. The van der Waals surface area contributed by atoms with Gasteiger partial charge in [-0.15, -0.1) is 0 Å². The first-order valence-electron chi connectivity index (χ1n) is 6.35. The number of carbonyl (C=O) groups excluding carboxylic acids is 1. The fourth-order valence-electron chi connectivity index (χ4n) is 5.45. The van der Waals surface area contributed by atoms with E-state index in [1.54, 1.807) is 0 Å². The summed E-state index contributed by atoms with van der Waals surface area (Å²) in [6.07, 6.45) is 8.64. The predicted molar refractivity (Wildman–Crippen MR) is 59.9 cm³/mol. The lowest BCUT2D eigenvalue weighted by atomic mass is 9.61. The van der Waals surface area contributed by atoms with Crippen molar-refractivity contribution >= 4 is 5.78 Å². The van der Waals surface area contributed by atoms with E-state index in [2.05, 4.69) is 19.9 Å². The first-order valence-corrected chi connectivity index (χ1v) is 6.35. The molecule has 16 heavy (non-hydrogen) atoms. The van der Waals surface area contributed by atoms with Crippen LogP contribution < -0.4 is 0 Å².